The molecule has 2 heterocycles. The molecule has 4 nitrogen and oxygen atoms in total. The molecule has 21 heavy (non-hydrogen) atoms. The van der Waals surface area contributed by atoms with E-state index in [9.17, 15) is 4.79 Å². The smallest absolute Gasteiger partial charge is 0.227 e. The van der Waals surface area contributed by atoms with Crippen molar-refractivity contribution in [2.24, 2.45) is 0 Å². The van der Waals surface area contributed by atoms with Gasteiger partial charge in [-0.1, -0.05) is 19.1 Å². The topological polar surface area (TPSA) is 35.6 Å². The molecule has 0 aliphatic carbocycles. The molecule has 4 heteroatoms. The van der Waals surface area contributed by atoms with Crippen molar-refractivity contribution in [3.63, 3.8) is 0 Å². The second-order valence-electron chi connectivity index (χ2n) is 6.02. The lowest BCUT2D eigenvalue weighted by Crippen LogP contribution is -2.39. The summed E-state index contributed by atoms with van der Waals surface area (Å²) in [7, 11) is 0. The number of amides is 1. The van der Waals surface area contributed by atoms with Crippen LogP contribution in [0.5, 0.6) is 0 Å². The van der Waals surface area contributed by atoms with E-state index in [0.29, 0.717) is 12.5 Å². The first-order valence-electron chi connectivity index (χ1n) is 8.16. The van der Waals surface area contributed by atoms with Gasteiger partial charge in [0.25, 0.3) is 0 Å². The van der Waals surface area contributed by atoms with E-state index in [2.05, 4.69) is 29.3 Å². The number of hydrogen-bond donors (Lipinski definition) is 1. The molecule has 2 aliphatic rings. The zero-order chi connectivity index (χ0) is 14.7. The molecule has 2 saturated heterocycles. The van der Waals surface area contributed by atoms with E-state index in [0.717, 1.165) is 30.9 Å². The van der Waals surface area contributed by atoms with Crippen molar-refractivity contribution in [3.8, 4) is 0 Å². The fourth-order valence-corrected chi connectivity index (χ4v) is 3.35. The minimum absolute atomic E-state index is 0.255. The van der Waals surface area contributed by atoms with Crippen LogP contribution in [-0.2, 0) is 4.79 Å². The Morgan fingerprint density at radius 3 is 2.62 bits per heavy atom. The Hall–Kier alpha value is -1.55. The average Bonchev–Trinajstić information content (AvgIpc) is 2.95. The van der Waals surface area contributed by atoms with E-state index in [1.807, 2.05) is 17.0 Å². The number of nitrogens with one attached hydrogen (secondary N) is 1. The van der Waals surface area contributed by atoms with Crippen molar-refractivity contribution in [1.82, 2.24) is 4.90 Å². The van der Waals surface area contributed by atoms with E-state index >= 15 is 0 Å². The molecule has 2 fully saturated rings. The summed E-state index contributed by atoms with van der Waals surface area (Å²) in [6, 6.07) is 8.76. The number of nitrogens with zero attached hydrogens (tertiary/aromatic N) is 2. The highest BCUT2D eigenvalue weighted by Gasteiger charge is 2.25. The summed E-state index contributed by atoms with van der Waals surface area (Å²) >= 11 is 0. The van der Waals surface area contributed by atoms with Crippen LogP contribution in [0.3, 0.4) is 0 Å². The van der Waals surface area contributed by atoms with Crippen molar-refractivity contribution in [2.75, 3.05) is 36.4 Å². The maximum absolute atomic E-state index is 12.0. The molecular weight excluding hydrogens is 262 g/mol. The molecule has 3 rings (SSSR count). The molecule has 1 N–H and O–H groups in total. The summed E-state index contributed by atoms with van der Waals surface area (Å²) in [5.41, 5.74) is 2.17. The molecule has 0 unspecified atom stereocenters. The maximum Gasteiger partial charge on any atom is 0.227 e. The third-order valence-electron chi connectivity index (χ3n) is 4.66. The third-order valence-corrected chi connectivity index (χ3v) is 4.66. The molecule has 0 radical (unpaired) electrons. The number of hydrogen-bond acceptors (Lipinski definition) is 3. The lowest BCUT2D eigenvalue weighted by atomic mass is 10.0. The first kappa shape index (κ1) is 14.4. The fraction of sp³-hybridized carbons (Fsp3) is 0.588. The first-order valence-corrected chi connectivity index (χ1v) is 8.16. The lowest BCUT2D eigenvalue weighted by Gasteiger charge is -2.33. The number of carbonyl (C=O) groups excluding carboxylic acids is 1. The number of para-hydroxylation sites is 2. The van der Waals surface area contributed by atoms with Crippen LogP contribution in [0.15, 0.2) is 24.3 Å². The second kappa shape index (κ2) is 6.48. The van der Waals surface area contributed by atoms with Crippen molar-refractivity contribution in [2.45, 2.75) is 38.6 Å². The van der Waals surface area contributed by atoms with Gasteiger partial charge in [0.1, 0.15) is 0 Å². The Bertz CT molecular complexity index is 495. The number of rotatable bonds is 4. The van der Waals surface area contributed by atoms with Crippen LogP contribution in [0.2, 0.25) is 0 Å². The molecule has 1 aromatic carbocycles. The molecule has 0 atom stereocenters. The maximum atomic E-state index is 12.0. The monoisotopic (exact) mass is 287 g/mol. The van der Waals surface area contributed by atoms with E-state index in [1.54, 1.807) is 0 Å². The Morgan fingerprint density at radius 2 is 1.95 bits per heavy atom. The highest BCUT2D eigenvalue weighted by atomic mass is 16.2. The van der Waals surface area contributed by atoms with Crippen molar-refractivity contribution >= 4 is 17.3 Å². The van der Waals surface area contributed by atoms with Crippen LogP contribution in [0.25, 0.3) is 0 Å². The number of carbonyl (C=O) groups is 1. The summed E-state index contributed by atoms with van der Waals surface area (Å²) in [5, 5.41) is 3.67. The number of likely N-dealkylation sites (tertiary alicyclic amines) is 1. The molecule has 1 aromatic rings. The van der Waals surface area contributed by atoms with Gasteiger partial charge in [0.15, 0.2) is 0 Å². The normalized spacial score (nSPS) is 21.0. The minimum Gasteiger partial charge on any atom is -0.381 e. The lowest BCUT2D eigenvalue weighted by molar-refractivity contribution is -0.117. The first-order chi connectivity index (χ1) is 10.3. The third kappa shape index (κ3) is 3.21. The Morgan fingerprint density at radius 1 is 1.19 bits per heavy atom. The van der Waals surface area contributed by atoms with E-state index < -0.39 is 0 Å². The second-order valence-corrected chi connectivity index (χ2v) is 6.02. The van der Waals surface area contributed by atoms with Gasteiger partial charge in [-0.15, -0.1) is 0 Å². The van der Waals surface area contributed by atoms with E-state index in [4.69, 9.17) is 0 Å². The van der Waals surface area contributed by atoms with Crippen molar-refractivity contribution in [1.29, 1.82) is 0 Å². The van der Waals surface area contributed by atoms with E-state index in [-0.39, 0.29) is 5.91 Å². The zero-order valence-corrected chi connectivity index (χ0v) is 12.8. The summed E-state index contributed by atoms with van der Waals surface area (Å²) < 4.78 is 0. The predicted molar refractivity (Wildman–Crippen MR) is 86.8 cm³/mol. The van der Waals surface area contributed by atoms with E-state index in [1.165, 1.54) is 25.9 Å². The molecular formula is C17H25N3O. The fourth-order valence-electron chi connectivity index (χ4n) is 3.35. The molecule has 2 aliphatic heterocycles. The van der Waals surface area contributed by atoms with Gasteiger partial charge < -0.3 is 15.1 Å². The summed E-state index contributed by atoms with van der Waals surface area (Å²) in [6.45, 7) is 6.55. The van der Waals surface area contributed by atoms with Crippen molar-refractivity contribution in [3.05, 3.63) is 24.3 Å². The Balaban J connectivity index is 1.70. The van der Waals surface area contributed by atoms with Crippen LogP contribution < -0.4 is 10.2 Å². The van der Waals surface area contributed by atoms with Gasteiger partial charge in [-0.05, 0) is 37.9 Å². The minimum atomic E-state index is 0.255. The molecule has 114 valence electrons. The van der Waals surface area contributed by atoms with Crippen molar-refractivity contribution < 1.29 is 4.79 Å². The average molecular weight is 287 g/mol. The quantitative estimate of drug-likeness (QED) is 0.925. The Labute approximate surface area is 127 Å². The highest BCUT2D eigenvalue weighted by Crippen LogP contribution is 2.30. The predicted octanol–water partition coefficient (Wildman–Crippen LogP) is 2.71. The van der Waals surface area contributed by atoms with Gasteiger partial charge in [-0.25, -0.2) is 0 Å². The number of piperidine rings is 1. The summed E-state index contributed by atoms with van der Waals surface area (Å²) in [6.07, 6.45) is 4.01. The standard InChI is InChI=1S/C17H25N3O/c1-2-19-12-9-14(10-13-19)18-15-6-3-4-7-16(15)20-11-5-8-17(20)21/h3-4,6-7,14,18H,2,5,8-13H2,1H3. The Kier molecular flexibility index (Phi) is 4.44. The van der Waals surface area contributed by atoms with Crippen LogP contribution in [0.4, 0.5) is 11.4 Å². The SMILES string of the molecule is CCN1CCC(Nc2ccccc2N2CCCC2=O)CC1. The van der Waals surface area contributed by atoms with Gasteiger partial charge in [-0.2, -0.15) is 0 Å². The van der Waals surface area contributed by atoms with Crippen LogP contribution >= 0.6 is 0 Å². The van der Waals surface area contributed by atoms with Crippen LogP contribution in [0, 0.1) is 0 Å². The molecule has 0 bridgehead atoms. The van der Waals surface area contributed by atoms with Gasteiger partial charge in [-0.3, -0.25) is 4.79 Å². The molecule has 0 saturated carbocycles. The van der Waals surface area contributed by atoms with Crippen LogP contribution in [-0.4, -0.2) is 43.0 Å². The van der Waals surface area contributed by atoms with Gasteiger partial charge in [0, 0.05) is 32.1 Å². The van der Waals surface area contributed by atoms with Gasteiger partial charge in [0.2, 0.25) is 5.91 Å². The molecule has 0 aromatic heterocycles. The summed E-state index contributed by atoms with van der Waals surface area (Å²) in [4.78, 5) is 16.4. The largest absolute Gasteiger partial charge is 0.381 e. The number of benzene rings is 1. The number of anilines is 2. The van der Waals surface area contributed by atoms with Gasteiger partial charge >= 0.3 is 0 Å². The van der Waals surface area contributed by atoms with Gasteiger partial charge in [0.05, 0.1) is 11.4 Å². The highest BCUT2D eigenvalue weighted by molar-refractivity contribution is 5.98. The molecule has 0 spiro atoms. The zero-order valence-electron chi connectivity index (χ0n) is 12.8. The van der Waals surface area contributed by atoms with Crippen LogP contribution in [0.1, 0.15) is 32.6 Å². The summed E-state index contributed by atoms with van der Waals surface area (Å²) in [5.74, 6) is 0.255. The molecule has 1 amide bonds.